The molecular weight excluding hydrogens is 228 g/mol. The van der Waals surface area contributed by atoms with Crippen LogP contribution < -0.4 is 5.32 Å². The van der Waals surface area contributed by atoms with Gasteiger partial charge in [-0.25, -0.2) is 0 Å². The fourth-order valence-electron chi connectivity index (χ4n) is 2.37. The molecule has 1 unspecified atom stereocenters. The van der Waals surface area contributed by atoms with Gasteiger partial charge in [-0.1, -0.05) is 29.3 Å². The van der Waals surface area contributed by atoms with Gasteiger partial charge in [-0.2, -0.15) is 0 Å². The zero-order valence-corrected chi connectivity index (χ0v) is 10.9. The summed E-state index contributed by atoms with van der Waals surface area (Å²) < 4.78 is 0. The Morgan fingerprint density at radius 1 is 1.22 bits per heavy atom. The van der Waals surface area contributed by atoms with E-state index in [2.05, 4.69) is 5.32 Å². The van der Waals surface area contributed by atoms with Crippen molar-refractivity contribution in [1.29, 1.82) is 0 Å². The molecule has 18 heavy (non-hydrogen) atoms. The average Bonchev–Trinajstić information content (AvgIpc) is 2.37. The van der Waals surface area contributed by atoms with Crippen LogP contribution in [-0.4, -0.2) is 42.1 Å². The van der Waals surface area contributed by atoms with E-state index in [-0.39, 0.29) is 5.91 Å². The second-order valence-corrected chi connectivity index (χ2v) is 4.90. The number of hydrogen-bond donors (Lipinski definition) is 2. The van der Waals surface area contributed by atoms with Crippen LogP contribution in [0.15, 0.2) is 18.2 Å². The number of carbonyl (C=O) groups is 1. The van der Waals surface area contributed by atoms with E-state index in [1.165, 1.54) is 0 Å². The van der Waals surface area contributed by atoms with Gasteiger partial charge in [-0.05, 0) is 19.4 Å². The molecule has 1 saturated heterocycles. The number of nitrogens with zero attached hydrogens (tertiary/aromatic N) is 1. The third-order valence-corrected chi connectivity index (χ3v) is 3.22. The van der Waals surface area contributed by atoms with Crippen molar-refractivity contribution >= 4 is 5.91 Å². The smallest absolute Gasteiger partial charge is 0.256 e. The van der Waals surface area contributed by atoms with Crippen LogP contribution in [0.1, 0.15) is 22.8 Å². The van der Waals surface area contributed by atoms with Crippen molar-refractivity contribution in [2.24, 2.45) is 0 Å². The Balaban J connectivity index is 2.14. The normalized spacial score (nSPS) is 17.6. The number of hydrogen-bond acceptors (Lipinski definition) is 3. The fraction of sp³-hybridized carbons (Fsp3) is 0.500. The number of aliphatic hydroxyl groups is 1. The Morgan fingerprint density at radius 3 is 2.33 bits per heavy atom. The van der Waals surface area contributed by atoms with Crippen molar-refractivity contribution in [3.8, 4) is 0 Å². The standard InChI is InChI=1S/C14H20N2O2/c1-10-7-11(2)9-12(8-10)13(17)14(18)16-5-3-15-4-6-16/h7-9,13,15,17H,3-6H2,1-2H3. The molecular formula is C14H20N2O2. The SMILES string of the molecule is Cc1cc(C)cc(C(O)C(=O)N2CCNCC2)c1. The van der Waals surface area contributed by atoms with E-state index in [1.807, 2.05) is 32.0 Å². The van der Waals surface area contributed by atoms with Crippen LogP contribution in [0.5, 0.6) is 0 Å². The van der Waals surface area contributed by atoms with Crippen LogP contribution in [0, 0.1) is 13.8 Å². The maximum Gasteiger partial charge on any atom is 0.256 e. The summed E-state index contributed by atoms with van der Waals surface area (Å²) in [5.41, 5.74) is 2.82. The average molecular weight is 248 g/mol. The lowest BCUT2D eigenvalue weighted by atomic mass is 10.0. The molecule has 1 amide bonds. The topological polar surface area (TPSA) is 52.6 Å². The summed E-state index contributed by atoms with van der Waals surface area (Å²) in [7, 11) is 0. The summed E-state index contributed by atoms with van der Waals surface area (Å²) in [5.74, 6) is -0.193. The van der Waals surface area contributed by atoms with Gasteiger partial charge >= 0.3 is 0 Å². The van der Waals surface area contributed by atoms with E-state index in [0.29, 0.717) is 18.7 Å². The predicted molar refractivity (Wildman–Crippen MR) is 70.3 cm³/mol. The number of nitrogens with one attached hydrogen (secondary N) is 1. The molecule has 1 aliphatic heterocycles. The summed E-state index contributed by atoms with van der Waals surface area (Å²) in [4.78, 5) is 13.9. The first kappa shape index (κ1) is 13.1. The highest BCUT2D eigenvalue weighted by molar-refractivity contribution is 5.82. The van der Waals surface area contributed by atoms with Crippen LogP contribution in [-0.2, 0) is 4.79 Å². The van der Waals surface area contributed by atoms with E-state index in [4.69, 9.17) is 0 Å². The van der Waals surface area contributed by atoms with Crippen molar-refractivity contribution in [3.05, 3.63) is 34.9 Å². The van der Waals surface area contributed by atoms with Crippen LogP contribution >= 0.6 is 0 Å². The Bertz CT molecular complexity index is 419. The monoisotopic (exact) mass is 248 g/mol. The molecule has 0 spiro atoms. The molecule has 0 bridgehead atoms. The van der Waals surface area contributed by atoms with Crippen LogP contribution in [0.3, 0.4) is 0 Å². The summed E-state index contributed by atoms with van der Waals surface area (Å²) >= 11 is 0. The molecule has 1 heterocycles. The predicted octanol–water partition coefficient (Wildman–Crippen LogP) is 0.769. The zero-order valence-electron chi connectivity index (χ0n) is 10.9. The second kappa shape index (κ2) is 5.50. The quantitative estimate of drug-likeness (QED) is 0.813. The minimum absolute atomic E-state index is 0.193. The number of rotatable bonds is 2. The fourth-order valence-corrected chi connectivity index (χ4v) is 2.37. The molecule has 2 N–H and O–H groups in total. The molecule has 1 atom stereocenters. The highest BCUT2D eigenvalue weighted by Gasteiger charge is 2.24. The lowest BCUT2D eigenvalue weighted by Crippen LogP contribution is -2.48. The Labute approximate surface area is 108 Å². The van der Waals surface area contributed by atoms with Gasteiger partial charge in [-0.3, -0.25) is 4.79 Å². The molecule has 4 nitrogen and oxygen atoms in total. The van der Waals surface area contributed by atoms with Crippen molar-refractivity contribution in [3.63, 3.8) is 0 Å². The maximum absolute atomic E-state index is 12.2. The van der Waals surface area contributed by atoms with Gasteiger partial charge in [-0.15, -0.1) is 0 Å². The minimum atomic E-state index is -1.04. The first-order valence-corrected chi connectivity index (χ1v) is 6.33. The molecule has 1 fully saturated rings. The summed E-state index contributed by atoms with van der Waals surface area (Å²) in [5, 5.41) is 13.4. The summed E-state index contributed by atoms with van der Waals surface area (Å²) in [6.07, 6.45) is -1.04. The third kappa shape index (κ3) is 2.89. The van der Waals surface area contributed by atoms with Gasteiger partial charge in [0, 0.05) is 26.2 Å². The van der Waals surface area contributed by atoms with Crippen molar-refractivity contribution in [1.82, 2.24) is 10.2 Å². The van der Waals surface area contributed by atoms with Gasteiger partial charge in [0.25, 0.3) is 5.91 Å². The Kier molecular flexibility index (Phi) is 3.99. The van der Waals surface area contributed by atoms with Crippen LogP contribution in [0.4, 0.5) is 0 Å². The van der Waals surface area contributed by atoms with Crippen molar-refractivity contribution in [2.75, 3.05) is 26.2 Å². The first-order valence-electron chi connectivity index (χ1n) is 6.33. The summed E-state index contributed by atoms with van der Waals surface area (Å²) in [6.45, 7) is 6.87. The molecule has 1 aromatic carbocycles. The minimum Gasteiger partial charge on any atom is -0.378 e. The van der Waals surface area contributed by atoms with E-state index in [0.717, 1.165) is 24.2 Å². The molecule has 2 rings (SSSR count). The van der Waals surface area contributed by atoms with E-state index in [1.54, 1.807) is 4.90 Å². The van der Waals surface area contributed by atoms with Crippen molar-refractivity contribution < 1.29 is 9.90 Å². The number of aliphatic hydroxyl groups excluding tert-OH is 1. The van der Waals surface area contributed by atoms with Gasteiger partial charge in [0.05, 0.1) is 0 Å². The zero-order chi connectivity index (χ0) is 13.1. The highest BCUT2D eigenvalue weighted by Crippen LogP contribution is 2.19. The molecule has 0 radical (unpaired) electrons. The molecule has 0 saturated carbocycles. The van der Waals surface area contributed by atoms with Crippen molar-refractivity contribution in [2.45, 2.75) is 20.0 Å². The van der Waals surface area contributed by atoms with Gasteiger partial charge in [0.2, 0.25) is 0 Å². The maximum atomic E-state index is 12.2. The molecule has 0 aromatic heterocycles. The highest BCUT2D eigenvalue weighted by atomic mass is 16.3. The van der Waals surface area contributed by atoms with E-state index >= 15 is 0 Å². The molecule has 98 valence electrons. The first-order chi connectivity index (χ1) is 8.58. The summed E-state index contributed by atoms with van der Waals surface area (Å²) in [6, 6.07) is 5.78. The van der Waals surface area contributed by atoms with E-state index in [9.17, 15) is 9.90 Å². The number of carbonyl (C=O) groups excluding carboxylic acids is 1. The number of benzene rings is 1. The lowest BCUT2D eigenvalue weighted by molar-refractivity contribution is -0.141. The number of aryl methyl sites for hydroxylation is 2. The Morgan fingerprint density at radius 2 is 1.78 bits per heavy atom. The second-order valence-electron chi connectivity index (χ2n) is 4.90. The number of amides is 1. The van der Waals surface area contributed by atoms with Crippen LogP contribution in [0.2, 0.25) is 0 Å². The third-order valence-electron chi connectivity index (χ3n) is 3.22. The van der Waals surface area contributed by atoms with Gasteiger partial charge in [0.1, 0.15) is 0 Å². The lowest BCUT2D eigenvalue weighted by Gasteiger charge is -2.29. The molecule has 4 heteroatoms. The molecule has 1 aromatic rings. The van der Waals surface area contributed by atoms with E-state index < -0.39 is 6.10 Å². The van der Waals surface area contributed by atoms with Crippen LogP contribution in [0.25, 0.3) is 0 Å². The Hall–Kier alpha value is -1.39. The molecule has 0 aliphatic carbocycles. The molecule has 1 aliphatic rings. The number of piperazine rings is 1. The largest absolute Gasteiger partial charge is 0.378 e. The van der Waals surface area contributed by atoms with Gasteiger partial charge < -0.3 is 15.3 Å². The van der Waals surface area contributed by atoms with Gasteiger partial charge in [0.15, 0.2) is 6.10 Å².